The molecule has 0 aliphatic rings. The third kappa shape index (κ3) is 8.07. The standard InChI is InChI=1S/C30H34N4O2S2/c1-21-27(23-15-9-7-10-16-23)33-29(37-21)31-25(35)19-13-5-3-4-6-14-20-26(36)32-30-34-28(22(2)38-30)24-17-11-8-12-18-24/h7-12,15-18H,3-6,13-14,19-20H2,1-2H3,(H,31,33,35)(H,32,34,36). The van der Waals surface area contributed by atoms with Crippen LogP contribution in [0.15, 0.2) is 60.7 Å². The lowest BCUT2D eigenvalue weighted by molar-refractivity contribution is -0.117. The molecule has 38 heavy (non-hydrogen) atoms. The first kappa shape index (κ1) is 27.7. The van der Waals surface area contributed by atoms with E-state index in [1.807, 2.05) is 74.5 Å². The molecule has 2 heterocycles. The smallest absolute Gasteiger partial charge is 0.226 e. The van der Waals surface area contributed by atoms with E-state index in [9.17, 15) is 9.59 Å². The van der Waals surface area contributed by atoms with E-state index in [1.54, 1.807) is 0 Å². The first-order valence-electron chi connectivity index (χ1n) is 13.1. The average molecular weight is 547 g/mol. The second kappa shape index (κ2) is 14.0. The minimum atomic E-state index is 0.0166. The van der Waals surface area contributed by atoms with E-state index in [4.69, 9.17) is 0 Å². The van der Waals surface area contributed by atoms with Crippen molar-refractivity contribution in [3.63, 3.8) is 0 Å². The Balaban J connectivity index is 1.06. The van der Waals surface area contributed by atoms with Crippen molar-refractivity contribution < 1.29 is 9.59 Å². The number of benzene rings is 2. The summed E-state index contributed by atoms with van der Waals surface area (Å²) in [5.74, 6) is 0.0331. The summed E-state index contributed by atoms with van der Waals surface area (Å²) in [6, 6.07) is 20.1. The number of amides is 2. The van der Waals surface area contributed by atoms with Crippen LogP contribution in [0.25, 0.3) is 22.5 Å². The number of hydrogen-bond acceptors (Lipinski definition) is 6. The van der Waals surface area contributed by atoms with Crippen LogP contribution in [0.1, 0.15) is 61.1 Å². The number of carbonyl (C=O) groups excluding carboxylic acids is 2. The van der Waals surface area contributed by atoms with Crippen molar-refractivity contribution in [1.29, 1.82) is 0 Å². The van der Waals surface area contributed by atoms with Crippen LogP contribution in [0.3, 0.4) is 0 Å². The second-order valence-corrected chi connectivity index (χ2v) is 11.7. The molecule has 0 aliphatic carbocycles. The number of unbranched alkanes of at least 4 members (excludes halogenated alkanes) is 5. The highest BCUT2D eigenvalue weighted by Crippen LogP contribution is 2.31. The van der Waals surface area contributed by atoms with Gasteiger partial charge in [-0.15, -0.1) is 22.7 Å². The number of rotatable bonds is 13. The Morgan fingerprint density at radius 2 is 0.974 bits per heavy atom. The topological polar surface area (TPSA) is 84.0 Å². The van der Waals surface area contributed by atoms with Gasteiger partial charge >= 0.3 is 0 Å². The monoisotopic (exact) mass is 546 g/mol. The van der Waals surface area contributed by atoms with Crippen molar-refractivity contribution in [3.05, 3.63) is 70.4 Å². The van der Waals surface area contributed by atoms with Crippen molar-refractivity contribution in [2.75, 3.05) is 10.6 Å². The van der Waals surface area contributed by atoms with Gasteiger partial charge in [0.05, 0.1) is 11.4 Å². The lowest BCUT2D eigenvalue weighted by Crippen LogP contribution is -2.11. The fraction of sp³-hybridized carbons (Fsp3) is 0.333. The Bertz CT molecular complexity index is 1230. The zero-order valence-corrected chi connectivity index (χ0v) is 23.6. The molecular weight excluding hydrogens is 512 g/mol. The summed E-state index contributed by atoms with van der Waals surface area (Å²) in [7, 11) is 0. The molecule has 0 atom stereocenters. The van der Waals surface area contributed by atoms with Crippen molar-refractivity contribution in [3.8, 4) is 22.5 Å². The SMILES string of the molecule is Cc1sc(NC(=O)CCCCCCCCC(=O)Nc2nc(-c3ccccc3)c(C)s2)nc1-c1ccccc1. The highest BCUT2D eigenvalue weighted by atomic mass is 32.1. The highest BCUT2D eigenvalue weighted by molar-refractivity contribution is 7.16. The molecule has 0 bridgehead atoms. The van der Waals surface area contributed by atoms with Crippen molar-refractivity contribution in [2.24, 2.45) is 0 Å². The van der Waals surface area contributed by atoms with E-state index < -0.39 is 0 Å². The summed E-state index contributed by atoms with van der Waals surface area (Å²) in [5, 5.41) is 7.22. The molecule has 2 aromatic heterocycles. The van der Waals surface area contributed by atoms with Gasteiger partial charge in [0, 0.05) is 33.7 Å². The van der Waals surface area contributed by atoms with Crippen molar-refractivity contribution >= 4 is 44.8 Å². The number of nitrogens with one attached hydrogen (secondary N) is 2. The number of nitrogens with zero attached hydrogens (tertiary/aromatic N) is 2. The van der Waals surface area contributed by atoms with Crippen LogP contribution in [-0.4, -0.2) is 21.8 Å². The van der Waals surface area contributed by atoms with Crippen LogP contribution in [0.5, 0.6) is 0 Å². The number of hydrogen-bond donors (Lipinski definition) is 2. The minimum Gasteiger partial charge on any atom is -0.302 e. The molecule has 0 aliphatic heterocycles. The molecule has 0 fully saturated rings. The Labute approximate surface area is 232 Å². The largest absolute Gasteiger partial charge is 0.302 e. The number of carbonyl (C=O) groups is 2. The molecule has 0 unspecified atom stereocenters. The maximum Gasteiger partial charge on any atom is 0.226 e. The summed E-state index contributed by atoms with van der Waals surface area (Å²) in [4.78, 5) is 36.1. The van der Waals surface area contributed by atoms with E-state index in [1.165, 1.54) is 22.7 Å². The maximum atomic E-state index is 12.3. The first-order valence-corrected chi connectivity index (χ1v) is 14.8. The lowest BCUT2D eigenvalue weighted by atomic mass is 10.1. The molecule has 0 saturated carbocycles. The van der Waals surface area contributed by atoms with Crippen molar-refractivity contribution in [1.82, 2.24) is 9.97 Å². The van der Waals surface area contributed by atoms with Gasteiger partial charge in [0.25, 0.3) is 0 Å². The van der Waals surface area contributed by atoms with Gasteiger partial charge in [0.2, 0.25) is 11.8 Å². The first-order chi connectivity index (χ1) is 18.5. The van der Waals surface area contributed by atoms with Gasteiger partial charge in [-0.25, -0.2) is 9.97 Å². The molecule has 4 aromatic rings. The van der Waals surface area contributed by atoms with Crippen molar-refractivity contribution in [2.45, 2.75) is 65.2 Å². The van der Waals surface area contributed by atoms with E-state index in [0.717, 1.165) is 70.8 Å². The van der Waals surface area contributed by atoms with Crippen LogP contribution < -0.4 is 10.6 Å². The van der Waals surface area contributed by atoms with Gasteiger partial charge in [-0.2, -0.15) is 0 Å². The van der Waals surface area contributed by atoms with Gasteiger partial charge in [0.15, 0.2) is 10.3 Å². The molecule has 2 aromatic carbocycles. The molecule has 8 heteroatoms. The van der Waals surface area contributed by atoms with Gasteiger partial charge < -0.3 is 10.6 Å². The number of thiazole rings is 2. The molecular formula is C30H34N4O2S2. The third-order valence-corrected chi connectivity index (χ3v) is 8.01. The van der Waals surface area contributed by atoms with E-state index in [-0.39, 0.29) is 11.8 Å². The molecule has 198 valence electrons. The molecule has 0 radical (unpaired) electrons. The Morgan fingerprint density at radius 1 is 0.605 bits per heavy atom. The predicted octanol–water partition coefficient (Wildman–Crippen LogP) is 8.25. The van der Waals surface area contributed by atoms with Crippen LogP contribution in [0.2, 0.25) is 0 Å². The Hall–Kier alpha value is -3.36. The quantitative estimate of drug-likeness (QED) is 0.165. The van der Waals surface area contributed by atoms with Gasteiger partial charge in [0.1, 0.15) is 0 Å². The summed E-state index contributed by atoms with van der Waals surface area (Å²) in [6.07, 6.45) is 6.86. The number of aromatic nitrogens is 2. The summed E-state index contributed by atoms with van der Waals surface area (Å²) < 4.78 is 0. The highest BCUT2D eigenvalue weighted by Gasteiger charge is 2.13. The fourth-order valence-electron chi connectivity index (χ4n) is 4.27. The predicted molar refractivity (Wildman–Crippen MR) is 159 cm³/mol. The van der Waals surface area contributed by atoms with E-state index in [2.05, 4.69) is 20.6 Å². The summed E-state index contributed by atoms with van der Waals surface area (Å²) in [6.45, 7) is 4.06. The molecule has 4 rings (SSSR count). The normalized spacial score (nSPS) is 10.9. The number of aryl methyl sites for hydroxylation is 2. The Kier molecular flexibility index (Phi) is 10.2. The van der Waals surface area contributed by atoms with Crippen LogP contribution in [0.4, 0.5) is 10.3 Å². The van der Waals surface area contributed by atoms with Crippen LogP contribution >= 0.6 is 22.7 Å². The minimum absolute atomic E-state index is 0.0166. The zero-order chi connectivity index (χ0) is 26.7. The van der Waals surface area contributed by atoms with Crippen LogP contribution in [-0.2, 0) is 9.59 Å². The molecule has 6 nitrogen and oxygen atoms in total. The zero-order valence-electron chi connectivity index (χ0n) is 22.0. The summed E-state index contributed by atoms with van der Waals surface area (Å²) >= 11 is 3.03. The maximum absolute atomic E-state index is 12.3. The van der Waals surface area contributed by atoms with Gasteiger partial charge in [-0.3, -0.25) is 9.59 Å². The van der Waals surface area contributed by atoms with E-state index in [0.29, 0.717) is 23.1 Å². The molecule has 2 amide bonds. The average Bonchev–Trinajstić information content (AvgIpc) is 3.47. The lowest BCUT2D eigenvalue weighted by Gasteiger charge is -2.04. The Morgan fingerprint density at radius 3 is 1.37 bits per heavy atom. The summed E-state index contributed by atoms with van der Waals surface area (Å²) in [5.41, 5.74) is 3.99. The van der Waals surface area contributed by atoms with Gasteiger partial charge in [-0.05, 0) is 26.7 Å². The van der Waals surface area contributed by atoms with Crippen LogP contribution in [0, 0.1) is 13.8 Å². The van der Waals surface area contributed by atoms with E-state index >= 15 is 0 Å². The fourth-order valence-corrected chi connectivity index (χ4v) is 5.97. The molecule has 2 N–H and O–H groups in total. The number of anilines is 2. The third-order valence-electron chi connectivity index (χ3n) is 6.24. The molecule has 0 spiro atoms. The van der Waals surface area contributed by atoms with Gasteiger partial charge in [-0.1, -0.05) is 86.3 Å². The molecule has 0 saturated heterocycles. The second-order valence-electron chi connectivity index (χ2n) is 9.30.